The Morgan fingerprint density at radius 2 is 2.06 bits per heavy atom. The Labute approximate surface area is 110 Å². The van der Waals surface area contributed by atoms with Gasteiger partial charge in [-0.05, 0) is 24.6 Å². The maximum Gasteiger partial charge on any atom is 0.164 e. The normalized spacial score (nSPS) is 10.4. The van der Waals surface area contributed by atoms with Crippen molar-refractivity contribution in [3.05, 3.63) is 33.3 Å². The number of hydrogen-bond donors (Lipinski definition) is 0. The van der Waals surface area contributed by atoms with Gasteiger partial charge in [0.2, 0.25) is 0 Å². The van der Waals surface area contributed by atoms with Crippen molar-refractivity contribution >= 4 is 33.3 Å². The van der Waals surface area contributed by atoms with Gasteiger partial charge >= 0.3 is 0 Å². The van der Waals surface area contributed by atoms with Crippen LogP contribution in [0.15, 0.2) is 22.7 Å². The Balaban J connectivity index is 2.55. The minimum Gasteiger partial charge on any atom is -0.294 e. The van der Waals surface area contributed by atoms with Gasteiger partial charge in [0.15, 0.2) is 5.78 Å². The second-order valence-electron chi connectivity index (χ2n) is 3.86. The molecule has 0 saturated carbocycles. The van der Waals surface area contributed by atoms with E-state index in [1.165, 1.54) is 12.8 Å². The lowest BCUT2D eigenvalue weighted by Gasteiger charge is -2.04. The minimum absolute atomic E-state index is 0.141. The topological polar surface area (TPSA) is 17.1 Å². The van der Waals surface area contributed by atoms with Gasteiger partial charge in [0.05, 0.1) is 5.02 Å². The fraction of sp³-hybridized carbons (Fsp3) is 0.462. The van der Waals surface area contributed by atoms with E-state index in [2.05, 4.69) is 22.9 Å². The zero-order chi connectivity index (χ0) is 12.0. The molecule has 0 N–H and O–H groups in total. The van der Waals surface area contributed by atoms with Crippen LogP contribution in [0.5, 0.6) is 0 Å². The predicted octanol–water partition coefficient (Wildman–Crippen LogP) is 5.26. The Kier molecular flexibility index (Phi) is 6.07. The van der Waals surface area contributed by atoms with Crippen LogP contribution in [0, 0.1) is 0 Å². The van der Waals surface area contributed by atoms with Gasteiger partial charge in [0, 0.05) is 16.5 Å². The van der Waals surface area contributed by atoms with Crippen molar-refractivity contribution in [2.75, 3.05) is 0 Å². The Morgan fingerprint density at radius 3 is 2.75 bits per heavy atom. The van der Waals surface area contributed by atoms with Crippen LogP contribution in [0.2, 0.25) is 5.02 Å². The van der Waals surface area contributed by atoms with Gasteiger partial charge < -0.3 is 0 Å². The Hall–Kier alpha value is -0.340. The van der Waals surface area contributed by atoms with Gasteiger partial charge in [-0.15, -0.1) is 0 Å². The number of Topliss-reactive ketones (excluding diaryl/α,β-unsaturated/α-hetero) is 1. The molecule has 1 aromatic rings. The van der Waals surface area contributed by atoms with Gasteiger partial charge in [-0.1, -0.05) is 53.7 Å². The average molecular weight is 304 g/mol. The summed E-state index contributed by atoms with van der Waals surface area (Å²) in [4.78, 5) is 11.9. The molecule has 0 heterocycles. The van der Waals surface area contributed by atoms with Crippen LogP contribution in [0.4, 0.5) is 0 Å². The lowest BCUT2D eigenvalue weighted by molar-refractivity contribution is 0.0979. The zero-order valence-corrected chi connectivity index (χ0v) is 11.8. The molecule has 16 heavy (non-hydrogen) atoms. The number of unbranched alkanes of at least 4 members (excludes halogenated alkanes) is 3. The van der Waals surface area contributed by atoms with E-state index < -0.39 is 0 Å². The first-order valence-electron chi connectivity index (χ1n) is 5.63. The summed E-state index contributed by atoms with van der Waals surface area (Å²) in [5.41, 5.74) is 0.632. The van der Waals surface area contributed by atoms with E-state index in [9.17, 15) is 4.79 Å². The summed E-state index contributed by atoms with van der Waals surface area (Å²) in [7, 11) is 0. The predicted molar refractivity (Wildman–Crippen MR) is 72.2 cm³/mol. The molecule has 0 aliphatic rings. The number of hydrogen-bond acceptors (Lipinski definition) is 1. The highest BCUT2D eigenvalue weighted by molar-refractivity contribution is 9.10. The lowest BCUT2D eigenvalue weighted by Crippen LogP contribution is -2.00. The molecule has 0 aliphatic carbocycles. The van der Waals surface area contributed by atoms with Crippen molar-refractivity contribution < 1.29 is 4.79 Å². The molecule has 0 spiro atoms. The third-order valence-corrected chi connectivity index (χ3v) is 3.31. The summed E-state index contributed by atoms with van der Waals surface area (Å²) in [6.07, 6.45) is 5.05. The Bertz CT molecular complexity index is 363. The van der Waals surface area contributed by atoms with Crippen LogP contribution in [-0.2, 0) is 0 Å². The average Bonchev–Trinajstić information content (AvgIpc) is 2.27. The van der Waals surface area contributed by atoms with E-state index in [-0.39, 0.29) is 5.78 Å². The highest BCUT2D eigenvalue weighted by atomic mass is 79.9. The highest BCUT2D eigenvalue weighted by Gasteiger charge is 2.10. The Morgan fingerprint density at radius 1 is 1.31 bits per heavy atom. The SMILES string of the molecule is CCCCCCC(=O)c1cc(Br)ccc1Cl. The van der Waals surface area contributed by atoms with Crippen molar-refractivity contribution in [3.63, 3.8) is 0 Å². The van der Waals surface area contributed by atoms with Gasteiger partial charge in [-0.2, -0.15) is 0 Å². The number of carbonyl (C=O) groups excluding carboxylic acids is 1. The molecule has 0 unspecified atom stereocenters. The lowest BCUT2D eigenvalue weighted by atomic mass is 10.0. The minimum atomic E-state index is 0.141. The molecule has 1 aromatic carbocycles. The standard InChI is InChI=1S/C13H16BrClO/c1-2-3-4-5-6-13(16)11-9-10(14)7-8-12(11)15/h7-9H,2-6H2,1H3. The van der Waals surface area contributed by atoms with E-state index in [1.807, 2.05) is 6.07 Å². The largest absolute Gasteiger partial charge is 0.294 e. The summed E-state index contributed by atoms with van der Waals surface area (Å²) in [6.45, 7) is 2.16. The first-order valence-corrected chi connectivity index (χ1v) is 6.80. The van der Waals surface area contributed by atoms with Gasteiger partial charge in [-0.3, -0.25) is 4.79 Å². The van der Waals surface area contributed by atoms with Crippen molar-refractivity contribution in [2.24, 2.45) is 0 Å². The number of carbonyl (C=O) groups is 1. The van der Waals surface area contributed by atoms with Crippen LogP contribution in [0.3, 0.4) is 0 Å². The molecule has 3 heteroatoms. The molecule has 0 aromatic heterocycles. The van der Waals surface area contributed by atoms with Crippen LogP contribution in [0.25, 0.3) is 0 Å². The first-order chi connectivity index (χ1) is 7.65. The summed E-state index contributed by atoms with van der Waals surface area (Å²) >= 11 is 9.34. The molecular weight excluding hydrogens is 287 g/mol. The molecule has 0 fully saturated rings. The summed E-state index contributed by atoms with van der Waals surface area (Å²) < 4.78 is 0.897. The van der Waals surface area contributed by atoms with Crippen LogP contribution < -0.4 is 0 Å². The van der Waals surface area contributed by atoms with Crippen LogP contribution in [0.1, 0.15) is 49.4 Å². The molecule has 0 amide bonds. The van der Waals surface area contributed by atoms with Crippen molar-refractivity contribution in [3.8, 4) is 0 Å². The molecule has 1 rings (SSSR count). The second kappa shape index (κ2) is 7.08. The fourth-order valence-electron chi connectivity index (χ4n) is 1.56. The molecule has 88 valence electrons. The summed E-state index contributed by atoms with van der Waals surface area (Å²) in [5.74, 6) is 0.141. The molecule has 0 radical (unpaired) electrons. The van der Waals surface area contributed by atoms with E-state index >= 15 is 0 Å². The van der Waals surface area contributed by atoms with E-state index in [1.54, 1.807) is 12.1 Å². The van der Waals surface area contributed by atoms with Crippen LogP contribution >= 0.6 is 27.5 Å². The van der Waals surface area contributed by atoms with Crippen molar-refractivity contribution in [2.45, 2.75) is 39.0 Å². The fourth-order valence-corrected chi connectivity index (χ4v) is 2.14. The maximum absolute atomic E-state index is 11.9. The second-order valence-corrected chi connectivity index (χ2v) is 5.18. The van der Waals surface area contributed by atoms with Crippen molar-refractivity contribution in [1.29, 1.82) is 0 Å². The molecular formula is C13H16BrClO. The zero-order valence-electron chi connectivity index (χ0n) is 9.43. The number of benzene rings is 1. The number of halogens is 2. The van der Waals surface area contributed by atoms with Crippen LogP contribution in [-0.4, -0.2) is 5.78 Å². The molecule has 0 bridgehead atoms. The van der Waals surface area contributed by atoms with Gasteiger partial charge in [-0.25, -0.2) is 0 Å². The molecule has 0 atom stereocenters. The van der Waals surface area contributed by atoms with E-state index in [0.29, 0.717) is 17.0 Å². The monoisotopic (exact) mass is 302 g/mol. The quantitative estimate of drug-likeness (QED) is 0.518. The summed E-state index contributed by atoms with van der Waals surface area (Å²) in [5, 5.41) is 0.545. The number of ketones is 1. The third kappa shape index (κ3) is 4.26. The number of rotatable bonds is 6. The van der Waals surface area contributed by atoms with Gasteiger partial charge in [0.25, 0.3) is 0 Å². The first kappa shape index (κ1) is 13.7. The highest BCUT2D eigenvalue weighted by Crippen LogP contribution is 2.23. The van der Waals surface area contributed by atoms with E-state index in [4.69, 9.17) is 11.6 Å². The molecule has 1 nitrogen and oxygen atoms in total. The maximum atomic E-state index is 11.9. The van der Waals surface area contributed by atoms with Crippen molar-refractivity contribution in [1.82, 2.24) is 0 Å². The molecule has 0 aliphatic heterocycles. The smallest absolute Gasteiger partial charge is 0.164 e. The third-order valence-electron chi connectivity index (χ3n) is 2.49. The molecule has 0 saturated heterocycles. The van der Waals surface area contributed by atoms with E-state index in [0.717, 1.165) is 17.3 Å². The summed E-state index contributed by atoms with van der Waals surface area (Å²) in [6, 6.07) is 5.39. The van der Waals surface area contributed by atoms with Gasteiger partial charge in [0.1, 0.15) is 0 Å².